The highest BCUT2D eigenvalue weighted by Gasteiger charge is 2.35. The zero-order chi connectivity index (χ0) is 36.9. The van der Waals surface area contributed by atoms with Crippen LogP contribution in [0.5, 0.6) is 0 Å². The van der Waals surface area contributed by atoms with Crippen molar-refractivity contribution in [2.75, 3.05) is 0 Å². The Morgan fingerprint density at radius 3 is 2.08 bits per heavy atom. The van der Waals surface area contributed by atoms with Crippen molar-refractivity contribution in [1.29, 1.82) is 0 Å². The first-order chi connectivity index (χ1) is 24.8. The van der Waals surface area contributed by atoms with Crippen molar-refractivity contribution < 1.29 is 8.98 Å². The van der Waals surface area contributed by atoms with Gasteiger partial charge in [-0.05, 0) is 76.3 Å². The van der Waals surface area contributed by atoms with Crippen LogP contribution in [0.15, 0.2) is 126 Å². The maximum Gasteiger partial charge on any atom is 0.304 e. The minimum atomic E-state index is -0.0154. The first-order valence-corrected chi connectivity index (χ1v) is 18.9. The van der Waals surface area contributed by atoms with Crippen molar-refractivity contribution in [2.45, 2.75) is 91.9 Å². The summed E-state index contributed by atoms with van der Waals surface area (Å²) < 4.78 is 12.0. The van der Waals surface area contributed by atoms with Gasteiger partial charge in [-0.3, -0.25) is 0 Å². The fourth-order valence-electron chi connectivity index (χ4n) is 7.57. The van der Waals surface area contributed by atoms with E-state index in [2.05, 4.69) is 174 Å². The van der Waals surface area contributed by atoms with Crippen LogP contribution < -0.4 is 4.57 Å². The first kappa shape index (κ1) is 35.3. The minimum absolute atomic E-state index is 0.00524. The van der Waals surface area contributed by atoms with Crippen molar-refractivity contribution in [3.63, 3.8) is 0 Å². The molecule has 52 heavy (non-hydrogen) atoms. The van der Waals surface area contributed by atoms with E-state index in [1.807, 2.05) is 0 Å². The lowest BCUT2D eigenvalue weighted by molar-refractivity contribution is -0.554. The molecule has 0 radical (unpaired) electrons. The zero-order valence-electron chi connectivity index (χ0n) is 32.4. The second kappa shape index (κ2) is 13.4. The van der Waals surface area contributed by atoms with Gasteiger partial charge in [0.2, 0.25) is 0 Å². The molecular weight excluding hydrogens is 633 g/mol. The summed E-state index contributed by atoms with van der Waals surface area (Å²) in [5, 5.41) is 2.27. The van der Waals surface area contributed by atoms with Crippen molar-refractivity contribution in [2.24, 2.45) is 0 Å². The fourth-order valence-corrected chi connectivity index (χ4v) is 7.57. The molecule has 264 valence electrons. The van der Waals surface area contributed by atoms with Crippen LogP contribution in [0.3, 0.4) is 0 Å². The Labute approximate surface area is 309 Å². The van der Waals surface area contributed by atoms with Gasteiger partial charge in [0.25, 0.3) is 0 Å². The molecule has 0 unspecified atom stereocenters. The van der Waals surface area contributed by atoms with E-state index in [1.165, 1.54) is 27.8 Å². The van der Waals surface area contributed by atoms with Crippen LogP contribution in [0.2, 0.25) is 0 Å². The number of para-hydroxylation sites is 2. The predicted octanol–water partition coefficient (Wildman–Crippen LogP) is 13.5. The van der Waals surface area contributed by atoms with Gasteiger partial charge in [-0.1, -0.05) is 153 Å². The highest BCUT2D eigenvalue weighted by Crippen LogP contribution is 2.43. The molecule has 2 heterocycles. The van der Waals surface area contributed by atoms with Gasteiger partial charge in [0.1, 0.15) is 22.5 Å². The Kier molecular flexibility index (Phi) is 9.11. The molecule has 7 aromatic rings. The van der Waals surface area contributed by atoms with E-state index >= 15 is 0 Å². The molecule has 2 aromatic heterocycles. The number of rotatable bonds is 9. The second-order valence-corrected chi connectivity index (χ2v) is 16.5. The largest absolute Gasteiger partial charge is 0.455 e. The summed E-state index contributed by atoms with van der Waals surface area (Å²) in [6.07, 6.45) is 3.52. The van der Waals surface area contributed by atoms with Crippen LogP contribution in [0.4, 0.5) is 0 Å². The molecule has 0 saturated carbocycles. The molecule has 0 aliphatic carbocycles. The molecule has 0 aliphatic rings. The Morgan fingerprint density at radius 2 is 1.38 bits per heavy atom. The van der Waals surface area contributed by atoms with E-state index in [4.69, 9.17) is 11.0 Å². The lowest BCUT2D eigenvalue weighted by Gasteiger charge is -2.21. The second-order valence-electron chi connectivity index (χ2n) is 16.5. The SMILES string of the molecule is C=C(CC)CC(=C)n1c(-c2c(CCC)ccc3c2oc2cc(C(C)(C)C)ccc23)[n+](-c2ccc(C(C)(C)C)cc2-c2ccccc2)c2ccccc21. The molecular formula is C49H53N2O+. The molecule has 0 saturated heterocycles. The third kappa shape index (κ3) is 6.21. The highest BCUT2D eigenvalue weighted by atomic mass is 16.3. The Hall–Kier alpha value is -5.15. The summed E-state index contributed by atoms with van der Waals surface area (Å²) in [4.78, 5) is 0. The minimum Gasteiger partial charge on any atom is -0.455 e. The molecule has 0 spiro atoms. The summed E-state index contributed by atoms with van der Waals surface area (Å²) >= 11 is 0. The van der Waals surface area contributed by atoms with Crippen molar-refractivity contribution >= 4 is 38.7 Å². The molecule has 0 N–H and O–H groups in total. The predicted molar refractivity (Wildman–Crippen MR) is 222 cm³/mol. The van der Waals surface area contributed by atoms with Crippen LogP contribution in [-0.4, -0.2) is 4.57 Å². The Morgan fingerprint density at radius 1 is 0.731 bits per heavy atom. The monoisotopic (exact) mass is 685 g/mol. The molecule has 7 rings (SSSR count). The fraction of sp³-hybridized carbons (Fsp3) is 0.286. The van der Waals surface area contributed by atoms with Crippen LogP contribution in [0, 0.1) is 0 Å². The average molecular weight is 686 g/mol. The van der Waals surface area contributed by atoms with Gasteiger partial charge in [-0.2, -0.15) is 9.13 Å². The molecule has 0 atom stereocenters. The summed E-state index contributed by atoms with van der Waals surface area (Å²) in [6, 6.07) is 37.9. The Balaban J connectivity index is 1.68. The third-order valence-corrected chi connectivity index (χ3v) is 10.6. The number of nitrogens with zero attached hydrogens (tertiary/aromatic N) is 2. The highest BCUT2D eigenvalue weighted by molar-refractivity contribution is 6.10. The van der Waals surface area contributed by atoms with Gasteiger partial charge in [0.05, 0.1) is 0 Å². The number of aromatic nitrogens is 2. The average Bonchev–Trinajstić information content (AvgIpc) is 3.66. The number of furan rings is 1. The summed E-state index contributed by atoms with van der Waals surface area (Å²) in [5.74, 6) is 1.06. The van der Waals surface area contributed by atoms with Gasteiger partial charge < -0.3 is 4.42 Å². The maximum absolute atomic E-state index is 7.09. The van der Waals surface area contributed by atoms with Crippen LogP contribution in [0.1, 0.15) is 91.3 Å². The summed E-state index contributed by atoms with van der Waals surface area (Å²) in [6.45, 7) is 27.3. The zero-order valence-corrected chi connectivity index (χ0v) is 32.4. The number of hydrogen-bond donors (Lipinski definition) is 0. The lowest BCUT2D eigenvalue weighted by atomic mass is 9.85. The van der Waals surface area contributed by atoms with Crippen molar-refractivity contribution in [3.05, 3.63) is 139 Å². The number of hydrogen-bond acceptors (Lipinski definition) is 1. The van der Waals surface area contributed by atoms with E-state index in [1.54, 1.807) is 0 Å². The number of aryl methyl sites for hydroxylation is 1. The van der Waals surface area contributed by atoms with Crippen molar-refractivity contribution in [3.8, 4) is 28.2 Å². The lowest BCUT2D eigenvalue weighted by Crippen LogP contribution is -2.34. The van der Waals surface area contributed by atoms with E-state index in [-0.39, 0.29) is 10.8 Å². The molecule has 0 fully saturated rings. The normalized spacial score (nSPS) is 12.3. The topological polar surface area (TPSA) is 21.9 Å². The van der Waals surface area contributed by atoms with Gasteiger partial charge in [-0.25, -0.2) is 0 Å². The van der Waals surface area contributed by atoms with Gasteiger partial charge >= 0.3 is 5.82 Å². The standard InChI is InChI=1S/C49H53N2O/c1-11-18-35-23-26-39-38-27-24-37(49(8,9)10)31-44(38)52-46(39)45(35)47-50(33(4)29-32(3)12-2)42-21-16-17-22-43(42)51(47)41-28-25-36(48(5,6)7)30-40(41)34-19-14-13-15-20-34/h13-17,19-28,30-31H,3-4,11-12,18,29H2,1-2,5-10H3/q+1. The first-order valence-electron chi connectivity index (χ1n) is 18.9. The summed E-state index contributed by atoms with van der Waals surface area (Å²) in [7, 11) is 0. The summed E-state index contributed by atoms with van der Waals surface area (Å²) in [5.41, 5.74) is 14.6. The molecule has 0 bridgehead atoms. The molecule has 5 aromatic carbocycles. The van der Waals surface area contributed by atoms with E-state index in [0.717, 1.165) is 80.6 Å². The third-order valence-electron chi connectivity index (χ3n) is 10.6. The molecule has 3 heteroatoms. The molecule has 0 amide bonds. The maximum atomic E-state index is 7.09. The van der Waals surface area contributed by atoms with Crippen molar-refractivity contribution in [1.82, 2.24) is 4.57 Å². The number of fused-ring (bicyclic) bond motifs is 4. The number of benzene rings is 5. The van der Waals surface area contributed by atoms with Crippen LogP contribution >= 0.6 is 0 Å². The number of imidazole rings is 1. The van der Waals surface area contributed by atoms with E-state index < -0.39 is 0 Å². The Bertz CT molecular complexity index is 2470. The van der Waals surface area contributed by atoms with Crippen LogP contribution in [0.25, 0.3) is 66.9 Å². The number of allylic oxidation sites excluding steroid dienone is 2. The smallest absolute Gasteiger partial charge is 0.304 e. The molecule has 0 aliphatic heterocycles. The van der Waals surface area contributed by atoms with Gasteiger partial charge in [-0.15, -0.1) is 0 Å². The quantitative estimate of drug-likeness (QED) is 0.109. The van der Waals surface area contributed by atoms with Gasteiger partial charge in [0.15, 0.2) is 16.6 Å². The van der Waals surface area contributed by atoms with Gasteiger partial charge in [0, 0.05) is 22.8 Å². The van der Waals surface area contributed by atoms with E-state index in [0.29, 0.717) is 6.42 Å². The van der Waals surface area contributed by atoms with Crippen LogP contribution in [-0.2, 0) is 17.3 Å². The van der Waals surface area contributed by atoms with E-state index in [9.17, 15) is 0 Å². The molecule has 3 nitrogen and oxygen atoms in total.